The van der Waals surface area contributed by atoms with Crippen molar-refractivity contribution in [2.45, 2.75) is 79.2 Å². The minimum absolute atomic E-state index is 0.299. The van der Waals surface area contributed by atoms with Crippen LogP contribution in [0.15, 0.2) is 60.7 Å². The van der Waals surface area contributed by atoms with Crippen LogP contribution >= 0.6 is 0 Å². The number of hydrogen-bond donors (Lipinski definition) is 1. The third kappa shape index (κ3) is 7.33. The molecule has 37 heavy (non-hydrogen) atoms. The Morgan fingerprint density at radius 2 is 1.05 bits per heavy atom. The van der Waals surface area contributed by atoms with Crippen molar-refractivity contribution in [3.63, 3.8) is 0 Å². The van der Waals surface area contributed by atoms with Gasteiger partial charge < -0.3 is 5.11 Å². The van der Waals surface area contributed by atoms with E-state index in [9.17, 15) is 5.11 Å². The molecular formula is C33H39N3O. The summed E-state index contributed by atoms with van der Waals surface area (Å²) in [6, 6.07) is 21.1. The minimum atomic E-state index is -0.299. The smallest absolute Gasteiger partial charge is 0.164 e. The normalized spacial score (nSPS) is 12.1. The number of aliphatic hydroxyl groups excluding tert-OH is 1. The highest BCUT2D eigenvalue weighted by Gasteiger charge is 2.14. The first-order chi connectivity index (χ1) is 17.8. The van der Waals surface area contributed by atoms with Crippen LogP contribution in [-0.4, -0.2) is 26.2 Å². The van der Waals surface area contributed by atoms with E-state index in [1.165, 1.54) is 41.5 Å². The molecule has 3 aromatic carbocycles. The maximum Gasteiger partial charge on any atom is 0.164 e. The number of aryl methyl sites for hydroxylation is 4. The van der Waals surface area contributed by atoms with E-state index in [-0.39, 0.29) is 6.10 Å². The van der Waals surface area contributed by atoms with Gasteiger partial charge in [-0.25, -0.2) is 15.0 Å². The molecule has 192 valence electrons. The molecule has 4 aromatic rings. The summed E-state index contributed by atoms with van der Waals surface area (Å²) in [5, 5.41) is 10.5. The molecule has 1 heterocycles. The number of rotatable bonds is 10. The molecular weight excluding hydrogens is 454 g/mol. The molecule has 0 bridgehead atoms. The molecule has 4 nitrogen and oxygen atoms in total. The van der Waals surface area contributed by atoms with E-state index in [1.807, 2.05) is 0 Å². The van der Waals surface area contributed by atoms with Gasteiger partial charge in [-0.2, -0.15) is 0 Å². The number of unbranched alkanes of at least 4 members (excludes halogenated alkanes) is 3. The van der Waals surface area contributed by atoms with Gasteiger partial charge in [-0.3, -0.25) is 0 Å². The molecule has 1 atom stereocenters. The second-order valence-electron chi connectivity index (χ2n) is 10.5. The summed E-state index contributed by atoms with van der Waals surface area (Å²) in [7, 11) is 0. The summed E-state index contributed by atoms with van der Waals surface area (Å²) in [6.07, 6.45) is 5.95. The van der Waals surface area contributed by atoms with Crippen LogP contribution in [0.1, 0.15) is 66.8 Å². The van der Waals surface area contributed by atoms with E-state index in [2.05, 4.69) is 95.3 Å². The van der Waals surface area contributed by atoms with Crippen LogP contribution < -0.4 is 0 Å². The molecule has 0 aliphatic rings. The van der Waals surface area contributed by atoms with E-state index < -0.39 is 0 Å². The van der Waals surface area contributed by atoms with Crippen LogP contribution in [0.5, 0.6) is 0 Å². The van der Waals surface area contributed by atoms with Crippen molar-refractivity contribution < 1.29 is 5.11 Å². The standard InChI is InChI=1S/C33H39N3O/c1-6-7-8-9-10-30(37)21-26-11-13-27(14-12-26)31-34-32(28-17-22(2)15-23(3)18-28)36-33(35-31)29-19-24(4)16-25(5)20-29/h11-20,30,37H,6-10,21H2,1-5H3. The predicted molar refractivity (Wildman–Crippen MR) is 154 cm³/mol. The van der Waals surface area contributed by atoms with Gasteiger partial charge in [-0.05, 0) is 70.4 Å². The Morgan fingerprint density at radius 1 is 0.595 bits per heavy atom. The van der Waals surface area contributed by atoms with Gasteiger partial charge in [0.2, 0.25) is 0 Å². The average Bonchev–Trinajstić information content (AvgIpc) is 2.86. The minimum Gasteiger partial charge on any atom is -0.393 e. The molecule has 0 aliphatic carbocycles. The molecule has 0 saturated carbocycles. The average molecular weight is 494 g/mol. The van der Waals surface area contributed by atoms with Gasteiger partial charge >= 0.3 is 0 Å². The van der Waals surface area contributed by atoms with Gasteiger partial charge in [0.05, 0.1) is 6.10 Å². The van der Waals surface area contributed by atoms with Crippen LogP contribution in [0.4, 0.5) is 0 Å². The second kappa shape index (κ2) is 12.2. The Bertz CT molecular complexity index is 1230. The van der Waals surface area contributed by atoms with Crippen molar-refractivity contribution in [1.82, 2.24) is 15.0 Å². The fourth-order valence-electron chi connectivity index (χ4n) is 4.94. The van der Waals surface area contributed by atoms with E-state index >= 15 is 0 Å². The fraction of sp³-hybridized carbons (Fsp3) is 0.364. The Morgan fingerprint density at radius 3 is 1.51 bits per heavy atom. The van der Waals surface area contributed by atoms with E-state index in [4.69, 9.17) is 15.0 Å². The summed E-state index contributed by atoms with van der Waals surface area (Å²) >= 11 is 0. The Kier molecular flexibility index (Phi) is 8.83. The first kappa shape index (κ1) is 26.7. The highest BCUT2D eigenvalue weighted by Crippen LogP contribution is 2.27. The molecule has 0 aliphatic heterocycles. The van der Waals surface area contributed by atoms with E-state index in [0.717, 1.165) is 35.1 Å². The topological polar surface area (TPSA) is 58.9 Å². The lowest BCUT2D eigenvalue weighted by atomic mass is 10.0. The number of benzene rings is 3. The van der Waals surface area contributed by atoms with Gasteiger partial charge in [-0.1, -0.05) is 91.3 Å². The molecule has 0 amide bonds. The van der Waals surface area contributed by atoms with Crippen LogP contribution in [0.3, 0.4) is 0 Å². The molecule has 0 spiro atoms. The Hall–Kier alpha value is -3.37. The van der Waals surface area contributed by atoms with E-state index in [1.54, 1.807) is 0 Å². The Labute approximate surface area is 221 Å². The number of aliphatic hydroxyl groups is 1. The second-order valence-corrected chi connectivity index (χ2v) is 10.5. The molecule has 1 N–H and O–H groups in total. The predicted octanol–water partition coefficient (Wildman–Crippen LogP) is 7.98. The fourth-order valence-corrected chi connectivity index (χ4v) is 4.94. The lowest BCUT2D eigenvalue weighted by molar-refractivity contribution is 0.161. The van der Waals surface area contributed by atoms with Crippen LogP contribution in [-0.2, 0) is 6.42 Å². The summed E-state index contributed by atoms with van der Waals surface area (Å²) in [6.45, 7) is 10.6. The van der Waals surface area contributed by atoms with Crippen molar-refractivity contribution >= 4 is 0 Å². The zero-order valence-electron chi connectivity index (χ0n) is 22.9. The summed E-state index contributed by atoms with van der Waals surface area (Å²) in [5.74, 6) is 2.01. The van der Waals surface area contributed by atoms with Crippen molar-refractivity contribution in [3.05, 3.63) is 88.5 Å². The quantitative estimate of drug-likeness (QED) is 0.228. The third-order valence-electron chi connectivity index (χ3n) is 6.67. The van der Waals surface area contributed by atoms with Crippen molar-refractivity contribution in [2.24, 2.45) is 0 Å². The largest absolute Gasteiger partial charge is 0.393 e. The van der Waals surface area contributed by atoms with Gasteiger partial charge in [0.25, 0.3) is 0 Å². The third-order valence-corrected chi connectivity index (χ3v) is 6.67. The lowest BCUT2D eigenvalue weighted by Gasteiger charge is -2.12. The summed E-state index contributed by atoms with van der Waals surface area (Å²) in [5.41, 5.74) is 8.80. The van der Waals surface area contributed by atoms with Crippen LogP contribution in [0.2, 0.25) is 0 Å². The van der Waals surface area contributed by atoms with Crippen LogP contribution in [0, 0.1) is 27.7 Å². The van der Waals surface area contributed by atoms with E-state index in [0.29, 0.717) is 23.9 Å². The summed E-state index contributed by atoms with van der Waals surface area (Å²) in [4.78, 5) is 14.7. The number of aromatic nitrogens is 3. The SMILES string of the molecule is CCCCCCC(O)Cc1ccc(-c2nc(-c3cc(C)cc(C)c3)nc(-c3cc(C)cc(C)c3)n2)cc1. The number of hydrogen-bond acceptors (Lipinski definition) is 4. The highest BCUT2D eigenvalue weighted by atomic mass is 16.3. The summed E-state index contributed by atoms with van der Waals surface area (Å²) < 4.78 is 0. The van der Waals surface area contributed by atoms with Gasteiger partial charge in [0, 0.05) is 16.7 Å². The molecule has 0 radical (unpaired) electrons. The molecule has 0 saturated heterocycles. The first-order valence-electron chi connectivity index (χ1n) is 13.5. The zero-order chi connectivity index (χ0) is 26.4. The van der Waals surface area contributed by atoms with Crippen molar-refractivity contribution in [3.8, 4) is 34.2 Å². The molecule has 1 aromatic heterocycles. The molecule has 0 fully saturated rings. The molecule has 1 unspecified atom stereocenters. The van der Waals surface area contributed by atoms with Gasteiger partial charge in [-0.15, -0.1) is 0 Å². The van der Waals surface area contributed by atoms with Crippen molar-refractivity contribution in [1.29, 1.82) is 0 Å². The molecule has 4 heteroatoms. The van der Waals surface area contributed by atoms with Crippen molar-refractivity contribution in [2.75, 3.05) is 0 Å². The zero-order valence-corrected chi connectivity index (χ0v) is 22.9. The Balaban J connectivity index is 1.67. The van der Waals surface area contributed by atoms with Crippen LogP contribution in [0.25, 0.3) is 34.2 Å². The maximum absolute atomic E-state index is 10.5. The van der Waals surface area contributed by atoms with Gasteiger partial charge in [0.15, 0.2) is 17.5 Å². The molecule has 4 rings (SSSR count). The maximum atomic E-state index is 10.5. The lowest BCUT2D eigenvalue weighted by Crippen LogP contribution is -2.10. The van der Waals surface area contributed by atoms with Gasteiger partial charge in [0.1, 0.15) is 0 Å². The first-order valence-corrected chi connectivity index (χ1v) is 13.5. The highest BCUT2D eigenvalue weighted by molar-refractivity contribution is 5.67. The monoisotopic (exact) mass is 493 g/mol. The number of nitrogens with zero attached hydrogens (tertiary/aromatic N) is 3.